The Hall–Kier alpha value is -1.88. The zero-order valence-electron chi connectivity index (χ0n) is 11.3. The number of para-hydroxylation sites is 1. The van der Waals surface area contributed by atoms with Crippen LogP contribution >= 0.6 is 0 Å². The Morgan fingerprint density at radius 2 is 2.05 bits per heavy atom. The minimum absolute atomic E-state index is 0.00302. The molecule has 0 aromatic heterocycles. The van der Waals surface area contributed by atoms with Crippen LogP contribution in [0.4, 0.5) is 5.69 Å². The lowest BCUT2D eigenvalue weighted by atomic mass is 10.1. The van der Waals surface area contributed by atoms with Crippen molar-refractivity contribution in [1.82, 2.24) is 10.6 Å². The molecule has 2 unspecified atom stereocenters. The van der Waals surface area contributed by atoms with Crippen molar-refractivity contribution >= 4 is 17.5 Å². The molecular formula is C15H19N3O2. The largest absolute Gasteiger partial charge is 0.344 e. The van der Waals surface area contributed by atoms with E-state index in [1.54, 1.807) is 4.90 Å². The molecule has 2 aliphatic heterocycles. The van der Waals surface area contributed by atoms with Gasteiger partial charge in [0, 0.05) is 18.8 Å². The van der Waals surface area contributed by atoms with Gasteiger partial charge in [0.15, 0.2) is 0 Å². The van der Waals surface area contributed by atoms with Crippen LogP contribution in [-0.4, -0.2) is 37.5 Å². The molecule has 0 saturated carbocycles. The van der Waals surface area contributed by atoms with Crippen LogP contribution in [0.2, 0.25) is 0 Å². The molecule has 0 bridgehead atoms. The number of carbonyl (C=O) groups is 2. The molecular weight excluding hydrogens is 254 g/mol. The average Bonchev–Trinajstić information content (AvgIpc) is 3.11. The second-order valence-electron chi connectivity index (χ2n) is 5.36. The summed E-state index contributed by atoms with van der Waals surface area (Å²) in [5.74, 6) is 0.00680. The molecule has 2 aliphatic rings. The van der Waals surface area contributed by atoms with Crippen molar-refractivity contribution in [1.29, 1.82) is 0 Å². The van der Waals surface area contributed by atoms with Gasteiger partial charge < -0.3 is 15.5 Å². The highest BCUT2D eigenvalue weighted by atomic mass is 16.2. The van der Waals surface area contributed by atoms with Gasteiger partial charge in [-0.2, -0.15) is 0 Å². The number of nitrogens with zero attached hydrogens (tertiary/aromatic N) is 1. The molecule has 0 radical (unpaired) electrons. The third kappa shape index (κ3) is 2.54. The Morgan fingerprint density at radius 3 is 2.75 bits per heavy atom. The Morgan fingerprint density at radius 1 is 1.25 bits per heavy atom. The van der Waals surface area contributed by atoms with Crippen molar-refractivity contribution in [2.24, 2.45) is 5.92 Å². The number of benzene rings is 1. The maximum absolute atomic E-state index is 12.4. The van der Waals surface area contributed by atoms with Gasteiger partial charge in [0.1, 0.15) is 6.04 Å². The molecule has 0 aliphatic carbocycles. The van der Waals surface area contributed by atoms with Crippen LogP contribution in [0.1, 0.15) is 12.8 Å². The van der Waals surface area contributed by atoms with E-state index in [0.717, 1.165) is 25.2 Å². The van der Waals surface area contributed by atoms with Crippen molar-refractivity contribution < 1.29 is 9.59 Å². The summed E-state index contributed by atoms with van der Waals surface area (Å²) in [6.45, 7) is 2.26. The van der Waals surface area contributed by atoms with Crippen LogP contribution in [0.15, 0.2) is 30.3 Å². The van der Waals surface area contributed by atoms with Gasteiger partial charge >= 0.3 is 0 Å². The second-order valence-corrected chi connectivity index (χ2v) is 5.36. The number of amides is 2. The minimum Gasteiger partial charge on any atom is -0.344 e. The molecule has 0 spiro atoms. The molecule has 5 nitrogen and oxygen atoms in total. The number of hydrogen-bond acceptors (Lipinski definition) is 3. The molecule has 20 heavy (non-hydrogen) atoms. The van der Waals surface area contributed by atoms with Crippen molar-refractivity contribution in [3.8, 4) is 0 Å². The van der Waals surface area contributed by atoms with Gasteiger partial charge in [0.25, 0.3) is 0 Å². The molecule has 2 atom stereocenters. The maximum atomic E-state index is 12.4. The summed E-state index contributed by atoms with van der Waals surface area (Å²) >= 11 is 0. The lowest BCUT2D eigenvalue weighted by Crippen LogP contribution is -2.44. The highest BCUT2D eigenvalue weighted by Gasteiger charge is 2.35. The summed E-state index contributed by atoms with van der Waals surface area (Å²) in [6, 6.07) is 9.23. The normalized spacial score (nSPS) is 26.0. The first kappa shape index (κ1) is 13.1. The number of carbonyl (C=O) groups excluding carboxylic acids is 2. The standard InChI is InChI=1S/C15H19N3O2/c19-14(11-6-8-16-10-11)17-13-7-9-18(15(13)20)12-4-2-1-3-5-12/h1-5,11,13,16H,6-10H2,(H,17,19). The zero-order chi connectivity index (χ0) is 13.9. The molecule has 2 amide bonds. The molecule has 106 valence electrons. The summed E-state index contributed by atoms with van der Waals surface area (Å²) in [6.07, 6.45) is 1.54. The molecule has 5 heteroatoms. The van der Waals surface area contributed by atoms with E-state index in [9.17, 15) is 9.59 Å². The number of nitrogens with one attached hydrogen (secondary N) is 2. The smallest absolute Gasteiger partial charge is 0.249 e. The van der Waals surface area contributed by atoms with Crippen molar-refractivity contribution in [2.75, 3.05) is 24.5 Å². The van der Waals surface area contributed by atoms with Crippen molar-refractivity contribution in [3.05, 3.63) is 30.3 Å². The first-order chi connectivity index (χ1) is 9.75. The second kappa shape index (κ2) is 5.63. The van der Waals surface area contributed by atoms with Gasteiger partial charge in [-0.1, -0.05) is 18.2 Å². The first-order valence-electron chi connectivity index (χ1n) is 7.13. The molecule has 2 N–H and O–H groups in total. The third-order valence-corrected chi connectivity index (χ3v) is 4.02. The van der Waals surface area contributed by atoms with E-state index in [1.807, 2.05) is 30.3 Å². The van der Waals surface area contributed by atoms with Crippen LogP contribution in [0.25, 0.3) is 0 Å². The lowest BCUT2D eigenvalue weighted by Gasteiger charge is -2.18. The Balaban J connectivity index is 1.62. The van der Waals surface area contributed by atoms with Gasteiger partial charge in [-0.25, -0.2) is 0 Å². The number of hydrogen-bond donors (Lipinski definition) is 2. The van der Waals surface area contributed by atoms with Crippen LogP contribution < -0.4 is 15.5 Å². The number of rotatable bonds is 3. The van der Waals surface area contributed by atoms with E-state index >= 15 is 0 Å². The highest BCUT2D eigenvalue weighted by molar-refractivity contribution is 6.01. The maximum Gasteiger partial charge on any atom is 0.249 e. The van der Waals surface area contributed by atoms with Gasteiger partial charge in [-0.05, 0) is 31.5 Å². The van der Waals surface area contributed by atoms with Crippen LogP contribution in [0.3, 0.4) is 0 Å². The van der Waals surface area contributed by atoms with Gasteiger partial charge in [0.05, 0.1) is 5.92 Å². The minimum atomic E-state index is -0.372. The molecule has 1 aromatic carbocycles. The van der Waals surface area contributed by atoms with E-state index in [2.05, 4.69) is 10.6 Å². The number of anilines is 1. The molecule has 1 aromatic rings. The fourth-order valence-electron chi connectivity index (χ4n) is 2.85. The Bertz CT molecular complexity index is 497. The molecule has 2 saturated heterocycles. The first-order valence-corrected chi connectivity index (χ1v) is 7.13. The summed E-state index contributed by atoms with van der Waals surface area (Å²) in [4.78, 5) is 26.2. The van der Waals surface area contributed by atoms with Crippen LogP contribution in [0.5, 0.6) is 0 Å². The van der Waals surface area contributed by atoms with Crippen molar-refractivity contribution in [2.45, 2.75) is 18.9 Å². The summed E-state index contributed by atoms with van der Waals surface area (Å²) < 4.78 is 0. The van der Waals surface area contributed by atoms with Crippen molar-refractivity contribution in [3.63, 3.8) is 0 Å². The van der Waals surface area contributed by atoms with E-state index in [4.69, 9.17) is 0 Å². The average molecular weight is 273 g/mol. The van der Waals surface area contributed by atoms with Crippen LogP contribution in [0, 0.1) is 5.92 Å². The van der Waals surface area contributed by atoms with Gasteiger partial charge in [0.2, 0.25) is 11.8 Å². The van der Waals surface area contributed by atoms with Gasteiger partial charge in [-0.15, -0.1) is 0 Å². The molecule has 2 fully saturated rings. The summed E-state index contributed by atoms with van der Waals surface area (Å²) in [7, 11) is 0. The van der Waals surface area contributed by atoms with Gasteiger partial charge in [-0.3, -0.25) is 9.59 Å². The zero-order valence-corrected chi connectivity index (χ0v) is 11.3. The predicted molar refractivity (Wildman–Crippen MR) is 76.3 cm³/mol. The third-order valence-electron chi connectivity index (χ3n) is 4.02. The van der Waals surface area contributed by atoms with E-state index < -0.39 is 0 Å². The lowest BCUT2D eigenvalue weighted by molar-refractivity contribution is -0.128. The fourth-order valence-corrected chi connectivity index (χ4v) is 2.85. The van der Waals surface area contributed by atoms with E-state index in [0.29, 0.717) is 13.0 Å². The molecule has 2 heterocycles. The molecule has 3 rings (SSSR count). The quantitative estimate of drug-likeness (QED) is 0.844. The fraction of sp³-hybridized carbons (Fsp3) is 0.467. The SMILES string of the molecule is O=C(NC1CCN(c2ccccc2)C1=O)C1CCNC1. The Labute approximate surface area is 118 Å². The van der Waals surface area contributed by atoms with E-state index in [-0.39, 0.29) is 23.8 Å². The summed E-state index contributed by atoms with van der Waals surface area (Å²) in [5.41, 5.74) is 0.900. The monoisotopic (exact) mass is 273 g/mol. The Kier molecular flexibility index (Phi) is 3.69. The van der Waals surface area contributed by atoms with Crippen LogP contribution in [-0.2, 0) is 9.59 Å². The highest BCUT2D eigenvalue weighted by Crippen LogP contribution is 2.21. The topological polar surface area (TPSA) is 61.4 Å². The van der Waals surface area contributed by atoms with E-state index in [1.165, 1.54) is 0 Å². The predicted octanol–water partition coefficient (Wildman–Crippen LogP) is 0.518. The summed E-state index contributed by atoms with van der Waals surface area (Å²) in [5, 5.41) is 6.07.